The molecule has 8 heteroatoms. The number of hydrogen-bond donors (Lipinski definition) is 3. The summed E-state index contributed by atoms with van der Waals surface area (Å²) >= 11 is 0. The van der Waals surface area contributed by atoms with Crippen molar-refractivity contribution in [2.24, 2.45) is 10.9 Å². The van der Waals surface area contributed by atoms with E-state index in [0.717, 1.165) is 6.42 Å². The minimum absolute atomic E-state index is 0.0874. The molecule has 0 fully saturated rings. The average Bonchev–Trinajstić information content (AvgIpc) is 2.38. The molecule has 112 valence electrons. The van der Waals surface area contributed by atoms with Crippen molar-refractivity contribution in [2.75, 3.05) is 19.0 Å². The number of nitrogens with one attached hydrogen (secondary N) is 1. The quantitative estimate of drug-likeness (QED) is 0.629. The van der Waals surface area contributed by atoms with Crippen LogP contribution < -0.4 is 20.9 Å². The van der Waals surface area contributed by atoms with Crippen molar-refractivity contribution in [3.63, 3.8) is 0 Å². The van der Waals surface area contributed by atoms with Crippen molar-refractivity contribution in [2.45, 2.75) is 24.2 Å². The molecular formula is C12H19N3O4S. The molecule has 0 atom stereocenters. The molecule has 1 aromatic rings. The normalized spacial score (nSPS) is 11.2. The summed E-state index contributed by atoms with van der Waals surface area (Å²) in [6.45, 7) is 0.525. The van der Waals surface area contributed by atoms with Crippen LogP contribution in [0.15, 0.2) is 23.1 Å². The minimum atomic E-state index is -3.83. The fourth-order valence-corrected chi connectivity index (χ4v) is 2.14. The smallest absolute Gasteiger partial charge is 0.238 e. The number of rotatable bonds is 7. The van der Waals surface area contributed by atoms with Gasteiger partial charge in [0.15, 0.2) is 0 Å². The Balaban J connectivity index is 2.89. The van der Waals surface area contributed by atoms with Crippen LogP contribution >= 0.6 is 0 Å². The first kappa shape index (κ1) is 16.4. The first-order valence-corrected chi connectivity index (χ1v) is 7.64. The Labute approximate surface area is 118 Å². The van der Waals surface area contributed by atoms with Gasteiger partial charge in [-0.3, -0.25) is 4.79 Å². The second kappa shape index (κ2) is 7.22. The Morgan fingerprint density at radius 1 is 1.35 bits per heavy atom. The van der Waals surface area contributed by atoms with Crippen molar-refractivity contribution in [3.05, 3.63) is 18.2 Å². The van der Waals surface area contributed by atoms with Gasteiger partial charge >= 0.3 is 0 Å². The van der Waals surface area contributed by atoms with Crippen molar-refractivity contribution in [1.82, 2.24) is 0 Å². The lowest BCUT2D eigenvalue weighted by molar-refractivity contribution is -0.116. The number of ether oxygens (including phenoxy) is 1. The van der Waals surface area contributed by atoms with E-state index in [1.54, 1.807) is 0 Å². The van der Waals surface area contributed by atoms with Gasteiger partial charge in [0.05, 0.1) is 17.7 Å². The number of unbranched alkanes of at least 4 members (excludes halogenated alkanes) is 1. The summed E-state index contributed by atoms with van der Waals surface area (Å²) in [5.41, 5.74) is 5.62. The summed E-state index contributed by atoms with van der Waals surface area (Å²) in [6, 6.07) is 4.03. The second-order valence-electron chi connectivity index (χ2n) is 4.20. The first-order chi connectivity index (χ1) is 9.38. The van der Waals surface area contributed by atoms with Gasteiger partial charge in [-0.25, -0.2) is 13.6 Å². The highest BCUT2D eigenvalue weighted by molar-refractivity contribution is 7.89. The number of anilines is 1. The van der Waals surface area contributed by atoms with Crippen LogP contribution in [-0.2, 0) is 14.8 Å². The largest absolute Gasteiger partial charge is 0.495 e. The van der Waals surface area contributed by atoms with E-state index in [4.69, 9.17) is 15.6 Å². The van der Waals surface area contributed by atoms with E-state index in [0.29, 0.717) is 25.1 Å². The predicted octanol–water partition coefficient (Wildman–Crippen LogP) is 0.410. The van der Waals surface area contributed by atoms with Crippen LogP contribution in [0, 0.1) is 0 Å². The highest BCUT2D eigenvalue weighted by atomic mass is 32.2. The molecule has 0 saturated heterocycles. The number of carbonyl (C=O) groups excluding carboxylic acids is 1. The van der Waals surface area contributed by atoms with Crippen LogP contribution in [0.4, 0.5) is 5.69 Å². The molecule has 0 aliphatic heterocycles. The number of hydrogen-bond acceptors (Lipinski definition) is 5. The third kappa shape index (κ3) is 4.80. The highest BCUT2D eigenvalue weighted by Gasteiger charge is 2.13. The minimum Gasteiger partial charge on any atom is -0.495 e. The lowest BCUT2D eigenvalue weighted by Gasteiger charge is -2.11. The molecule has 0 saturated carbocycles. The number of methoxy groups -OCH3 is 1. The number of sulfonamides is 1. The zero-order chi connectivity index (χ0) is 15.2. The number of benzene rings is 1. The van der Waals surface area contributed by atoms with Gasteiger partial charge < -0.3 is 15.8 Å². The lowest BCUT2D eigenvalue weighted by atomic mass is 10.2. The summed E-state index contributed by atoms with van der Waals surface area (Å²) in [5.74, 6) is 0.132. The summed E-state index contributed by atoms with van der Waals surface area (Å²) < 4.78 is 27.7. The average molecular weight is 301 g/mol. The van der Waals surface area contributed by atoms with Gasteiger partial charge in [-0.1, -0.05) is 0 Å². The monoisotopic (exact) mass is 301 g/mol. The summed E-state index contributed by atoms with van der Waals surface area (Å²) in [7, 11) is -2.40. The van der Waals surface area contributed by atoms with Crippen molar-refractivity contribution in [1.29, 1.82) is 0 Å². The lowest BCUT2D eigenvalue weighted by Crippen LogP contribution is -2.15. The molecule has 1 rings (SSSR count). The van der Waals surface area contributed by atoms with Crippen molar-refractivity contribution < 1.29 is 17.9 Å². The highest BCUT2D eigenvalue weighted by Crippen LogP contribution is 2.27. The maximum atomic E-state index is 11.7. The SMILES string of the molecule is COc1ccc(S(N)(=O)=O)cc1NC(=O)CCCCN. The van der Waals surface area contributed by atoms with Crippen LogP contribution in [0.5, 0.6) is 5.75 Å². The molecule has 0 unspecified atom stereocenters. The molecule has 5 N–H and O–H groups in total. The topological polar surface area (TPSA) is 125 Å². The molecule has 0 aliphatic carbocycles. The van der Waals surface area contributed by atoms with E-state index in [-0.39, 0.29) is 16.5 Å². The van der Waals surface area contributed by atoms with E-state index < -0.39 is 10.0 Å². The Morgan fingerprint density at radius 3 is 2.60 bits per heavy atom. The van der Waals surface area contributed by atoms with E-state index in [1.165, 1.54) is 25.3 Å². The van der Waals surface area contributed by atoms with E-state index in [1.807, 2.05) is 0 Å². The van der Waals surface area contributed by atoms with Crippen molar-refractivity contribution >= 4 is 21.6 Å². The molecule has 7 nitrogen and oxygen atoms in total. The Bertz CT molecular complexity index is 572. The molecule has 1 aromatic carbocycles. The molecule has 0 radical (unpaired) electrons. The Hall–Kier alpha value is -1.64. The number of nitrogens with two attached hydrogens (primary N) is 2. The van der Waals surface area contributed by atoms with Crippen molar-refractivity contribution in [3.8, 4) is 5.75 Å². The van der Waals surface area contributed by atoms with Gasteiger partial charge in [0, 0.05) is 6.42 Å². The van der Waals surface area contributed by atoms with E-state index >= 15 is 0 Å². The molecular weight excluding hydrogens is 282 g/mol. The van der Waals surface area contributed by atoms with Crippen LogP contribution in [0.3, 0.4) is 0 Å². The molecule has 1 amide bonds. The standard InChI is InChI=1S/C12H19N3O4S/c1-19-11-6-5-9(20(14,17)18)8-10(11)15-12(16)4-2-3-7-13/h5-6,8H,2-4,7,13H2,1H3,(H,15,16)(H2,14,17,18). The van der Waals surface area contributed by atoms with Crippen LogP contribution in [-0.4, -0.2) is 28.0 Å². The van der Waals surface area contributed by atoms with Crippen LogP contribution in [0.25, 0.3) is 0 Å². The molecule has 0 heterocycles. The van der Waals surface area contributed by atoms with Crippen LogP contribution in [0.1, 0.15) is 19.3 Å². The maximum Gasteiger partial charge on any atom is 0.238 e. The number of carbonyl (C=O) groups is 1. The van der Waals surface area contributed by atoms with Crippen LogP contribution in [0.2, 0.25) is 0 Å². The zero-order valence-electron chi connectivity index (χ0n) is 11.3. The Morgan fingerprint density at radius 2 is 2.05 bits per heavy atom. The summed E-state index contributed by atoms with van der Waals surface area (Å²) in [4.78, 5) is 11.6. The fraction of sp³-hybridized carbons (Fsp3) is 0.417. The third-order valence-corrected chi connectivity index (χ3v) is 3.54. The molecule has 20 heavy (non-hydrogen) atoms. The van der Waals surface area contributed by atoms with Gasteiger partial charge in [-0.15, -0.1) is 0 Å². The number of primary sulfonamides is 1. The maximum absolute atomic E-state index is 11.7. The molecule has 0 aliphatic rings. The molecule has 0 bridgehead atoms. The zero-order valence-corrected chi connectivity index (χ0v) is 12.1. The molecule has 0 aromatic heterocycles. The van der Waals surface area contributed by atoms with Gasteiger partial charge in [0.2, 0.25) is 15.9 Å². The van der Waals surface area contributed by atoms with E-state index in [9.17, 15) is 13.2 Å². The number of amides is 1. The van der Waals surface area contributed by atoms with E-state index in [2.05, 4.69) is 5.32 Å². The molecule has 0 spiro atoms. The van der Waals surface area contributed by atoms with Gasteiger partial charge in [0.1, 0.15) is 5.75 Å². The summed E-state index contributed by atoms with van der Waals surface area (Å²) in [6.07, 6.45) is 1.72. The third-order valence-electron chi connectivity index (χ3n) is 2.63. The predicted molar refractivity (Wildman–Crippen MR) is 75.9 cm³/mol. The van der Waals surface area contributed by atoms with Gasteiger partial charge in [-0.05, 0) is 37.6 Å². The Kier molecular flexibility index (Phi) is 5.93. The van der Waals surface area contributed by atoms with Gasteiger partial charge in [0.25, 0.3) is 0 Å². The summed E-state index contributed by atoms with van der Waals surface area (Å²) in [5, 5.41) is 7.66. The second-order valence-corrected chi connectivity index (χ2v) is 5.76. The van der Waals surface area contributed by atoms with Gasteiger partial charge in [-0.2, -0.15) is 0 Å². The fourth-order valence-electron chi connectivity index (χ4n) is 1.60. The first-order valence-electron chi connectivity index (χ1n) is 6.09.